The molecule has 4 N–H and O–H groups in total. The quantitative estimate of drug-likeness (QED) is 0.634. The third kappa shape index (κ3) is 3.43. The highest BCUT2D eigenvalue weighted by molar-refractivity contribution is 6.33. The summed E-state index contributed by atoms with van der Waals surface area (Å²) < 4.78 is 0. The first-order chi connectivity index (χ1) is 8.32. The zero-order valence-corrected chi connectivity index (χ0v) is 9.83. The number of hydrogen-bond donors (Lipinski definition) is 4. The van der Waals surface area contributed by atoms with Crippen LogP contribution < -0.4 is 0 Å². The molecule has 1 rings (SSSR count). The minimum absolute atomic E-state index is 0.00817. The molecule has 18 heavy (non-hydrogen) atoms. The number of rotatable bonds is 5. The Labute approximate surface area is 107 Å². The fraction of sp³-hybridized carbons (Fsp3) is 0.273. The molecule has 0 saturated carbocycles. The molecule has 2 atom stereocenters. The van der Waals surface area contributed by atoms with Crippen LogP contribution in [-0.2, 0) is 4.79 Å². The maximum absolute atomic E-state index is 10.8. The number of aromatic carboxylic acids is 1. The first-order valence-corrected chi connectivity index (χ1v) is 5.31. The molecule has 0 heterocycles. The van der Waals surface area contributed by atoms with Gasteiger partial charge in [-0.05, 0) is 17.7 Å². The van der Waals surface area contributed by atoms with Gasteiger partial charge in [-0.15, -0.1) is 0 Å². The Hall–Kier alpha value is -1.63. The van der Waals surface area contributed by atoms with E-state index in [1.54, 1.807) is 0 Å². The van der Waals surface area contributed by atoms with E-state index in [4.69, 9.17) is 21.8 Å². The summed E-state index contributed by atoms with van der Waals surface area (Å²) in [5, 5.41) is 36.4. The molecule has 0 saturated heterocycles. The van der Waals surface area contributed by atoms with Gasteiger partial charge in [-0.2, -0.15) is 0 Å². The molecular weight excluding hydrogens is 264 g/mol. The van der Waals surface area contributed by atoms with Crippen LogP contribution in [0, 0.1) is 0 Å². The van der Waals surface area contributed by atoms with Crippen molar-refractivity contribution in [1.82, 2.24) is 0 Å². The van der Waals surface area contributed by atoms with Crippen LogP contribution in [0.5, 0.6) is 0 Å². The molecular formula is C11H11ClO6. The lowest BCUT2D eigenvalue weighted by atomic mass is 10.00. The highest BCUT2D eigenvalue weighted by Crippen LogP contribution is 2.24. The van der Waals surface area contributed by atoms with Crippen LogP contribution >= 0.6 is 11.6 Å². The van der Waals surface area contributed by atoms with Gasteiger partial charge in [-0.1, -0.05) is 17.7 Å². The molecule has 0 amide bonds. The molecule has 6 nitrogen and oxygen atoms in total. The van der Waals surface area contributed by atoms with Crippen LogP contribution in [0.15, 0.2) is 18.2 Å². The average Bonchev–Trinajstić information content (AvgIpc) is 2.27. The summed E-state index contributed by atoms with van der Waals surface area (Å²) in [7, 11) is 0. The maximum Gasteiger partial charge on any atom is 0.337 e. The van der Waals surface area contributed by atoms with E-state index >= 15 is 0 Å². The minimum Gasteiger partial charge on any atom is -0.481 e. The van der Waals surface area contributed by atoms with Gasteiger partial charge in [0.1, 0.15) is 6.10 Å². The lowest BCUT2D eigenvalue weighted by Gasteiger charge is -2.17. The number of carboxylic acid groups (broad SMARTS) is 2. The molecule has 0 bridgehead atoms. The predicted octanol–water partition coefficient (Wildman–Crippen LogP) is 0.907. The number of aliphatic carboxylic acids is 1. The van der Waals surface area contributed by atoms with Gasteiger partial charge in [0.2, 0.25) is 0 Å². The molecule has 98 valence electrons. The standard InChI is InChI=1S/C11H11ClO6/c12-7-2-1-5(3-6(7)11(17)18)10(16)8(13)4-9(14)15/h1-3,8,10,13,16H,4H2,(H,14,15)(H,17,18). The van der Waals surface area contributed by atoms with Crippen LogP contribution in [0.1, 0.15) is 28.4 Å². The Kier molecular flexibility index (Phi) is 4.66. The van der Waals surface area contributed by atoms with Crippen LogP contribution in [0.4, 0.5) is 0 Å². The fourth-order valence-electron chi connectivity index (χ4n) is 1.40. The van der Waals surface area contributed by atoms with Crippen molar-refractivity contribution in [2.45, 2.75) is 18.6 Å². The summed E-state index contributed by atoms with van der Waals surface area (Å²) in [4.78, 5) is 21.2. The van der Waals surface area contributed by atoms with Crippen molar-refractivity contribution in [2.75, 3.05) is 0 Å². The number of hydrogen-bond acceptors (Lipinski definition) is 4. The third-order valence-corrected chi connectivity index (χ3v) is 2.64. The van der Waals surface area contributed by atoms with Crippen molar-refractivity contribution in [3.05, 3.63) is 34.3 Å². The summed E-state index contributed by atoms with van der Waals surface area (Å²) >= 11 is 5.64. The Morgan fingerprint density at radius 1 is 1.22 bits per heavy atom. The highest BCUT2D eigenvalue weighted by Gasteiger charge is 2.22. The maximum atomic E-state index is 10.8. The van der Waals surface area contributed by atoms with E-state index in [0.717, 1.165) is 6.07 Å². The van der Waals surface area contributed by atoms with Gasteiger partial charge < -0.3 is 20.4 Å². The van der Waals surface area contributed by atoms with Crippen molar-refractivity contribution < 1.29 is 30.0 Å². The van der Waals surface area contributed by atoms with E-state index in [9.17, 15) is 19.8 Å². The monoisotopic (exact) mass is 274 g/mol. The van der Waals surface area contributed by atoms with Crippen LogP contribution in [0.3, 0.4) is 0 Å². The Morgan fingerprint density at radius 3 is 2.33 bits per heavy atom. The number of halogens is 1. The molecule has 0 aromatic heterocycles. The summed E-state index contributed by atoms with van der Waals surface area (Å²) in [6.07, 6.45) is -3.66. The number of aliphatic hydroxyl groups excluding tert-OH is 2. The summed E-state index contributed by atoms with van der Waals surface area (Å²) in [6, 6.07) is 3.68. The second-order valence-corrected chi connectivity index (χ2v) is 4.06. The average molecular weight is 275 g/mol. The number of aliphatic hydroxyl groups is 2. The molecule has 2 unspecified atom stereocenters. The van der Waals surface area contributed by atoms with Gasteiger partial charge in [0.05, 0.1) is 23.1 Å². The highest BCUT2D eigenvalue weighted by atomic mass is 35.5. The van der Waals surface area contributed by atoms with Gasteiger partial charge in [0.15, 0.2) is 0 Å². The van der Waals surface area contributed by atoms with Crippen molar-refractivity contribution in [1.29, 1.82) is 0 Å². The smallest absolute Gasteiger partial charge is 0.337 e. The van der Waals surface area contributed by atoms with Crippen LogP contribution in [0.2, 0.25) is 5.02 Å². The van der Waals surface area contributed by atoms with Gasteiger partial charge in [-0.25, -0.2) is 4.79 Å². The Morgan fingerprint density at radius 2 is 1.83 bits per heavy atom. The number of carbonyl (C=O) groups is 2. The van der Waals surface area contributed by atoms with Crippen LogP contribution in [-0.4, -0.2) is 38.5 Å². The molecule has 0 aliphatic carbocycles. The van der Waals surface area contributed by atoms with Crippen LogP contribution in [0.25, 0.3) is 0 Å². The van der Waals surface area contributed by atoms with Crippen molar-refractivity contribution in [3.63, 3.8) is 0 Å². The first kappa shape index (κ1) is 14.4. The zero-order valence-electron chi connectivity index (χ0n) is 9.08. The Balaban J connectivity index is 2.99. The number of carboxylic acids is 2. The van der Waals surface area contributed by atoms with Gasteiger partial charge in [0.25, 0.3) is 0 Å². The summed E-state index contributed by atoms with van der Waals surface area (Å²) in [6.45, 7) is 0. The van der Waals surface area contributed by atoms with E-state index in [0.29, 0.717) is 0 Å². The van der Waals surface area contributed by atoms with E-state index in [-0.39, 0.29) is 16.1 Å². The molecule has 0 fully saturated rings. The molecule has 0 radical (unpaired) electrons. The van der Waals surface area contributed by atoms with Crippen molar-refractivity contribution in [3.8, 4) is 0 Å². The topological polar surface area (TPSA) is 115 Å². The molecule has 0 aliphatic heterocycles. The minimum atomic E-state index is -1.52. The zero-order chi connectivity index (χ0) is 13.9. The van der Waals surface area contributed by atoms with Crippen molar-refractivity contribution >= 4 is 23.5 Å². The molecule has 0 aliphatic rings. The predicted molar refractivity (Wildman–Crippen MR) is 61.6 cm³/mol. The summed E-state index contributed by atoms with van der Waals surface area (Å²) in [5.41, 5.74) is -0.138. The van der Waals surface area contributed by atoms with Gasteiger partial charge >= 0.3 is 11.9 Å². The van der Waals surface area contributed by atoms with E-state index in [1.807, 2.05) is 0 Å². The second-order valence-electron chi connectivity index (χ2n) is 3.65. The molecule has 1 aromatic rings. The molecule has 0 spiro atoms. The summed E-state index contributed by atoms with van der Waals surface area (Å²) in [5.74, 6) is -2.55. The van der Waals surface area contributed by atoms with E-state index in [2.05, 4.69) is 0 Å². The normalized spacial score (nSPS) is 13.9. The third-order valence-electron chi connectivity index (χ3n) is 2.31. The van der Waals surface area contributed by atoms with E-state index in [1.165, 1.54) is 12.1 Å². The second kappa shape index (κ2) is 5.81. The first-order valence-electron chi connectivity index (χ1n) is 4.93. The van der Waals surface area contributed by atoms with Gasteiger partial charge in [-0.3, -0.25) is 4.79 Å². The lowest BCUT2D eigenvalue weighted by Crippen LogP contribution is -2.22. The SMILES string of the molecule is O=C(O)CC(O)C(O)c1ccc(Cl)c(C(=O)O)c1. The number of benzene rings is 1. The van der Waals surface area contributed by atoms with Crippen molar-refractivity contribution in [2.24, 2.45) is 0 Å². The fourth-order valence-corrected chi connectivity index (χ4v) is 1.60. The van der Waals surface area contributed by atoms with E-state index < -0.39 is 30.6 Å². The molecule has 7 heteroatoms. The van der Waals surface area contributed by atoms with Gasteiger partial charge in [0, 0.05) is 0 Å². The lowest BCUT2D eigenvalue weighted by molar-refractivity contribution is -0.141. The molecule has 1 aromatic carbocycles. The largest absolute Gasteiger partial charge is 0.481 e. The Bertz CT molecular complexity index is 473.